The van der Waals surface area contributed by atoms with Crippen LogP contribution in [0.2, 0.25) is 0 Å². The quantitative estimate of drug-likeness (QED) is 0.649. The van der Waals surface area contributed by atoms with Crippen LogP contribution in [0.5, 0.6) is 5.75 Å². The maximum Gasteiger partial charge on any atom is 0.330 e. The summed E-state index contributed by atoms with van der Waals surface area (Å²) in [4.78, 5) is 11.0. The number of phenolic OH excluding ortho intramolecular Hbond substituents is 1. The minimum absolute atomic E-state index is 0.172. The molecular weight excluding hydrogens is 216 g/mol. The molecule has 0 aromatic heterocycles. The molecule has 0 radical (unpaired) electrons. The van der Waals surface area contributed by atoms with E-state index in [0.29, 0.717) is 0 Å². The Morgan fingerprint density at radius 3 is 2.65 bits per heavy atom. The number of esters is 1. The number of phenols is 1. The van der Waals surface area contributed by atoms with Crippen molar-refractivity contribution in [1.82, 2.24) is 0 Å². The zero-order valence-electron chi connectivity index (χ0n) is 9.22. The maximum atomic E-state index is 11.0. The van der Waals surface area contributed by atoms with Gasteiger partial charge in [0.15, 0.2) is 0 Å². The smallest absolute Gasteiger partial charge is 0.330 e. The van der Waals surface area contributed by atoms with Crippen molar-refractivity contribution in [2.24, 2.45) is 0 Å². The van der Waals surface area contributed by atoms with Gasteiger partial charge in [0.05, 0.1) is 0 Å². The number of ether oxygens (including phenoxy) is 1. The number of hydrogen-bond donors (Lipinski definition) is 1. The second-order valence-corrected chi connectivity index (χ2v) is 3.60. The minimum atomic E-state index is -0.456. The standard InChI is InChI=1S/C14H12O3/c1-2-14(16)17-9-10-7-8-13(15)12-6-4-3-5-11(10)12/h2-8,15H,1,9H2. The fraction of sp³-hybridized carbons (Fsp3) is 0.0714. The van der Waals surface area contributed by atoms with E-state index in [9.17, 15) is 9.90 Å². The highest BCUT2D eigenvalue weighted by Crippen LogP contribution is 2.27. The van der Waals surface area contributed by atoms with E-state index in [4.69, 9.17) is 4.74 Å². The van der Waals surface area contributed by atoms with Crippen LogP contribution >= 0.6 is 0 Å². The van der Waals surface area contributed by atoms with Gasteiger partial charge in [-0.25, -0.2) is 4.79 Å². The Hall–Kier alpha value is -2.29. The summed E-state index contributed by atoms with van der Waals surface area (Å²) in [5.41, 5.74) is 0.855. The third kappa shape index (κ3) is 2.28. The number of benzene rings is 2. The molecule has 0 aliphatic carbocycles. The van der Waals surface area contributed by atoms with Crippen molar-refractivity contribution in [3.05, 3.63) is 54.6 Å². The van der Waals surface area contributed by atoms with Crippen LogP contribution in [0, 0.1) is 0 Å². The Balaban J connectivity index is 2.38. The highest BCUT2D eigenvalue weighted by molar-refractivity contribution is 5.91. The molecule has 0 spiro atoms. The predicted octanol–water partition coefficient (Wildman–Crippen LogP) is 2.77. The zero-order chi connectivity index (χ0) is 12.3. The van der Waals surface area contributed by atoms with E-state index in [-0.39, 0.29) is 12.4 Å². The molecule has 0 atom stereocenters. The first-order valence-electron chi connectivity index (χ1n) is 5.21. The van der Waals surface area contributed by atoms with Crippen LogP contribution in [-0.2, 0) is 16.1 Å². The molecule has 3 nitrogen and oxygen atoms in total. The average Bonchev–Trinajstić information content (AvgIpc) is 2.38. The highest BCUT2D eigenvalue weighted by atomic mass is 16.5. The van der Waals surface area contributed by atoms with Gasteiger partial charge in [-0.05, 0) is 17.0 Å². The van der Waals surface area contributed by atoms with E-state index in [2.05, 4.69) is 6.58 Å². The summed E-state index contributed by atoms with van der Waals surface area (Å²) in [5.74, 6) is -0.235. The highest BCUT2D eigenvalue weighted by Gasteiger charge is 2.06. The van der Waals surface area contributed by atoms with E-state index in [1.54, 1.807) is 12.1 Å². The van der Waals surface area contributed by atoms with Gasteiger partial charge in [0.1, 0.15) is 12.4 Å². The molecule has 0 fully saturated rings. The monoisotopic (exact) mass is 228 g/mol. The van der Waals surface area contributed by atoms with Crippen molar-refractivity contribution in [3.8, 4) is 5.75 Å². The second-order valence-electron chi connectivity index (χ2n) is 3.60. The lowest BCUT2D eigenvalue weighted by Gasteiger charge is -2.08. The van der Waals surface area contributed by atoms with E-state index < -0.39 is 5.97 Å². The van der Waals surface area contributed by atoms with Crippen molar-refractivity contribution in [2.45, 2.75) is 6.61 Å². The summed E-state index contributed by atoms with van der Waals surface area (Å²) in [6.07, 6.45) is 1.13. The fourth-order valence-electron chi connectivity index (χ4n) is 1.68. The lowest BCUT2D eigenvalue weighted by atomic mass is 10.0. The van der Waals surface area contributed by atoms with Crippen molar-refractivity contribution in [1.29, 1.82) is 0 Å². The average molecular weight is 228 g/mol. The summed E-state index contributed by atoms with van der Waals surface area (Å²) < 4.78 is 4.99. The molecule has 0 amide bonds. The molecule has 86 valence electrons. The molecule has 1 N–H and O–H groups in total. The van der Waals surface area contributed by atoms with Gasteiger partial charge in [-0.15, -0.1) is 0 Å². The number of aromatic hydroxyl groups is 1. The Labute approximate surface area is 99.0 Å². The molecule has 2 aromatic rings. The van der Waals surface area contributed by atoms with Crippen LogP contribution in [0.25, 0.3) is 10.8 Å². The molecule has 17 heavy (non-hydrogen) atoms. The first-order chi connectivity index (χ1) is 8.22. The van der Waals surface area contributed by atoms with Gasteiger partial charge in [0.25, 0.3) is 0 Å². The Morgan fingerprint density at radius 2 is 1.94 bits per heavy atom. The molecule has 0 aliphatic rings. The summed E-state index contributed by atoms with van der Waals surface area (Å²) >= 11 is 0. The first kappa shape index (κ1) is 11.2. The maximum absolute atomic E-state index is 11.0. The van der Waals surface area contributed by atoms with Crippen molar-refractivity contribution in [2.75, 3.05) is 0 Å². The Morgan fingerprint density at radius 1 is 1.24 bits per heavy atom. The van der Waals surface area contributed by atoms with Gasteiger partial charge in [-0.2, -0.15) is 0 Å². The lowest BCUT2D eigenvalue weighted by molar-refractivity contribution is -0.138. The van der Waals surface area contributed by atoms with Crippen LogP contribution in [0.15, 0.2) is 49.1 Å². The van der Waals surface area contributed by atoms with Crippen LogP contribution in [0.4, 0.5) is 0 Å². The molecule has 2 rings (SSSR count). The van der Waals surface area contributed by atoms with Gasteiger partial charge in [-0.1, -0.05) is 36.9 Å². The molecule has 0 aliphatic heterocycles. The van der Waals surface area contributed by atoms with Gasteiger partial charge < -0.3 is 9.84 Å². The van der Waals surface area contributed by atoms with E-state index >= 15 is 0 Å². The number of rotatable bonds is 3. The normalized spacial score (nSPS) is 10.1. The van der Waals surface area contributed by atoms with Crippen molar-refractivity contribution < 1.29 is 14.6 Å². The molecule has 0 bridgehead atoms. The summed E-state index contributed by atoms with van der Waals surface area (Å²) in [6, 6.07) is 10.8. The first-order valence-corrected chi connectivity index (χ1v) is 5.21. The Bertz CT molecular complexity index is 573. The Kier molecular flexibility index (Phi) is 3.10. The van der Waals surface area contributed by atoms with Crippen LogP contribution in [-0.4, -0.2) is 11.1 Å². The van der Waals surface area contributed by atoms with Gasteiger partial charge >= 0.3 is 5.97 Å². The number of hydrogen-bond acceptors (Lipinski definition) is 3. The summed E-state index contributed by atoms with van der Waals surface area (Å²) in [5, 5.41) is 11.3. The van der Waals surface area contributed by atoms with E-state index in [0.717, 1.165) is 22.4 Å². The third-order valence-electron chi connectivity index (χ3n) is 2.53. The van der Waals surface area contributed by atoms with E-state index in [1.807, 2.05) is 24.3 Å². The largest absolute Gasteiger partial charge is 0.507 e. The topological polar surface area (TPSA) is 46.5 Å². The molecule has 0 unspecified atom stereocenters. The van der Waals surface area contributed by atoms with E-state index in [1.165, 1.54) is 0 Å². The van der Waals surface area contributed by atoms with Crippen molar-refractivity contribution in [3.63, 3.8) is 0 Å². The second kappa shape index (κ2) is 4.70. The summed E-state index contributed by atoms with van der Waals surface area (Å²) in [7, 11) is 0. The van der Waals surface area contributed by atoms with Gasteiger partial charge in [0.2, 0.25) is 0 Å². The molecular formula is C14H12O3. The number of fused-ring (bicyclic) bond motifs is 1. The number of carbonyl (C=O) groups is 1. The SMILES string of the molecule is C=CC(=O)OCc1ccc(O)c2ccccc12. The lowest BCUT2D eigenvalue weighted by Crippen LogP contribution is -2.00. The summed E-state index contributed by atoms with van der Waals surface area (Å²) in [6.45, 7) is 3.51. The molecule has 3 heteroatoms. The van der Waals surface area contributed by atoms with Crippen LogP contribution in [0.3, 0.4) is 0 Å². The molecule has 0 saturated carbocycles. The molecule has 0 saturated heterocycles. The predicted molar refractivity (Wildman–Crippen MR) is 65.6 cm³/mol. The molecule has 2 aromatic carbocycles. The van der Waals surface area contributed by atoms with Crippen LogP contribution < -0.4 is 0 Å². The zero-order valence-corrected chi connectivity index (χ0v) is 9.22. The fourth-order valence-corrected chi connectivity index (χ4v) is 1.68. The third-order valence-corrected chi connectivity index (χ3v) is 2.53. The van der Waals surface area contributed by atoms with Crippen molar-refractivity contribution >= 4 is 16.7 Å². The van der Waals surface area contributed by atoms with Crippen LogP contribution in [0.1, 0.15) is 5.56 Å². The van der Waals surface area contributed by atoms with Gasteiger partial charge in [0, 0.05) is 11.5 Å². The van der Waals surface area contributed by atoms with Gasteiger partial charge in [-0.3, -0.25) is 0 Å². The molecule has 0 heterocycles. The minimum Gasteiger partial charge on any atom is -0.507 e. The number of carbonyl (C=O) groups excluding carboxylic acids is 1.